The lowest BCUT2D eigenvalue weighted by Gasteiger charge is -2.11. The molecule has 3 rings (SSSR count). The summed E-state index contributed by atoms with van der Waals surface area (Å²) >= 11 is 1.46. The molecule has 25 heavy (non-hydrogen) atoms. The minimum absolute atomic E-state index is 0.107. The van der Waals surface area contributed by atoms with Crippen molar-refractivity contribution in [2.75, 3.05) is 11.9 Å². The number of hydrogen-bond acceptors (Lipinski definition) is 4. The summed E-state index contributed by atoms with van der Waals surface area (Å²) in [4.78, 5) is 25.3. The molecule has 0 aliphatic heterocycles. The number of benzene rings is 1. The zero-order chi connectivity index (χ0) is 18.0. The Hall–Kier alpha value is -2.34. The standard InChI is InChI=1S/C19H22N2O3S/c1-11-7-12(2)9-13(8-11)24-10-16(22)21-19-17(18(20)23)14-5-3-4-6-15(14)25-19/h7-9H,3-6,10H2,1-2H3,(H2,20,23)(H,21,22). The molecule has 0 fully saturated rings. The van der Waals surface area contributed by atoms with E-state index < -0.39 is 5.91 Å². The summed E-state index contributed by atoms with van der Waals surface area (Å²) in [7, 11) is 0. The summed E-state index contributed by atoms with van der Waals surface area (Å²) in [6.45, 7) is 3.86. The number of ether oxygens (including phenoxy) is 1. The lowest BCUT2D eigenvalue weighted by Crippen LogP contribution is -2.22. The van der Waals surface area contributed by atoms with E-state index in [-0.39, 0.29) is 12.5 Å². The van der Waals surface area contributed by atoms with E-state index in [4.69, 9.17) is 10.5 Å². The van der Waals surface area contributed by atoms with E-state index in [1.54, 1.807) is 0 Å². The van der Waals surface area contributed by atoms with Crippen molar-refractivity contribution in [3.05, 3.63) is 45.3 Å². The highest BCUT2D eigenvalue weighted by molar-refractivity contribution is 7.17. The third-order valence-corrected chi connectivity index (χ3v) is 5.44. The second-order valence-electron chi connectivity index (χ2n) is 6.44. The molecule has 0 radical (unpaired) electrons. The fourth-order valence-electron chi connectivity index (χ4n) is 3.24. The van der Waals surface area contributed by atoms with Gasteiger partial charge in [-0.15, -0.1) is 11.3 Å². The van der Waals surface area contributed by atoms with Crippen molar-refractivity contribution in [1.29, 1.82) is 0 Å². The van der Waals surface area contributed by atoms with Crippen LogP contribution in [0.2, 0.25) is 0 Å². The average molecular weight is 358 g/mol. The summed E-state index contributed by atoms with van der Waals surface area (Å²) in [5.41, 5.74) is 9.18. The Kier molecular flexibility index (Phi) is 5.08. The Morgan fingerprint density at radius 3 is 2.52 bits per heavy atom. The Balaban J connectivity index is 1.70. The number of anilines is 1. The Morgan fingerprint density at radius 1 is 1.16 bits per heavy atom. The summed E-state index contributed by atoms with van der Waals surface area (Å²) < 4.78 is 5.58. The normalized spacial score (nSPS) is 13.2. The summed E-state index contributed by atoms with van der Waals surface area (Å²) in [5, 5.41) is 3.35. The molecule has 1 aliphatic carbocycles. The van der Waals surface area contributed by atoms with Crippen LogP contribution in [0.1, 0.15) is 44.8 Å². The van der Waals surface area contributed by atoms with E-state index >= 15 is 0 Å². The molecule has 0 saturated heterocycles. The van der Waals surface area contributed by atoms with Crippen LogP contribution in [0.15, 0.2) is 18.2 Å². The second-order valence-corrected chi connectivity index (χ2v) is 7.54. The van der Waals surface area contributed by atoms with Crippen LogP contribution in [0.3, 0.4) is 0 Å². The van der Waals surface area contributed by atoms with E-state index in [2.05, 4.69) is 5.32 Å². The molecule has 0 saturated carbocycles. The van der Waals surface area contributed by atoms with E-state index in [9.17, 15) is 9.59 Å². The largest absolute Gasteiger partial charge is 0.484 e. The molecule has 1 aromatic carbocycles. The number of carbonyl (C=O) groups is 2. The summed E-state index contributed by atoms with van der Waals surface area (Å²) in [5.74, 6) is -0.113. The van der Waals surface area contributed by atoms with Crippen LogP contribution in [0, 0.1) is 13.8 Å². The van der Waals surface area contributed by atoms with Gasteiger partial charge in [-0.25, -0.2) is 0 Å². The van der Waals surface area contributed by atoms with Gasteiger partial charge in [0.15, 0.2) is 6.61 Å². The molecule has 2 amide bonds. The van der Waals surface area contributed by atoms with Gasteiger partial charge in [-0.3, -0.25) is 9.59 Å². The van der Waals surface area contributed by atoms with Gasteiger partial charge in [-0.05, 0) is 68.4 Å². The Labute approximate surface area is 151 Å². The van der Waals surface area contributed by atoms with Gasteiger partial charge in [0.1, 0.15) is 10.8 Å². The highest BCUT2D eigenvalue weighted by atomic mass is 32.1. The first-order chi connectivity index (χ1) is 11.9. The van der Waals surface area contributed by atoms with Gasteiger partial charge < -0.3 is 15.8 Å². The highest BCUT2D eigenvalue weighted by Crippen LogP contribution is 2.37. The molecule has 0 atom stereocenters. The average Bonchev–Trinajstić information content (AvgIpc) is 2.90. The number of fused-ring (bicyclic) bond motifs is 1. The van der Waals surface area contributed by atoms with Crippen LogP contribution < -0.4 is 15.8 Å². The van der Waals surface area contributed by atoms with E-state index in [1.165, 1.54) is 11.3 Å². The number of carbonyl (C=O) groups excluding carboxylic acids is 2. The van der Waals surface area contributed by atoms with E-state index in [0.717, 1.165) is 47.3 Å². The van der Waals surface area contributed by atoms with Crippen LogP contribution in [0.25, 0.3) is 0 Å². The number of amides is 2. The topological polar surface area (TPSA) is 81.4 Å². The minimum Gasteiger partial charge on any atom is -0.484 e. The SMILES string of the molecule is Cc1cc(C)cc(OCC(=O)Nc2sc3c(c2C(N)=O)CCCC3)c1. The van der Waals surface area contributed by atoms with Crippen molar-refractivity contribution >= 4 is 28.2 Å². The van der Waals surface area contributed by atoms with Crippen molar-refractivity contribution in [2.24, 2.45) is 5.73 Å². The molecule has 132 valence electrons. The molecule has 1 heterocycles. The number of rotatable bonds is 5. The van der Waals surface area contributed by atoms with Crippen LogP contribution in [0.5, 0.6) is 5.75 Å². The minimum atomic E-state index is -0.482. The van der Waals surface area contributed by atoms with Gasteiger partial charge in [0, 0.05) is 4.88 Å². The molecule has 5 nitrogen and oxygen atoms in total. The van der Waals surface area contributed by atoms with Crippen molar-refractivity contribution in [3.63, 3.8) is 0 Å². The number of hydrogen-bond donors (Lipinski definition) is 2. The second kappa shape index (κ2) is 7.27. The first kappa shape index (κ1) is 17.5. The number of aryl methyl sites for hydroxylation is 3. The zero-order valence-electron chi connectivity index (χ0n) is 14.5. The molecule has 1 aromatic heterocycles. The molecule has 0 unspecified atom stereocenters. The van der Waals surface area contributed by atoms with E-state index in [0.29, 0.717) is 16.3 Å². The molecule has 3 N–H and O–H groups in total. The predicted molar refractivity (Wildman–Crippen MR) is 99.5 cm³/mol. The fraction of sp³-hybridized carbons (Fsp3) is 0.368. The monoisotopic (exact) mass is 358 g/mol. The maximum Gasteiger partial charge on any atom is 0.262 e. The van der Waals surface area contributed by atoms with Crippen molar-refractivity contribution in [3.8, 4) is 5.75 Å². The molecule has 1 aliphatic rings. The third kappa shape index (κ3) is 4.02. The van der Waals surface area contributed by atoms with Gasteiger partial charge in [0.2, 0.25) is 0 Å². The van der Waals surface area contributed by atoms with Crippen molar-refractivity contribution in [2.45, 2.75) is 39.5 Å². The molecular formula is C19H22N2O3S. The Bertz CT molecular complexity index is 806. The summed E-state index contributed by atoms with van der Waals surface area (Å²) in [6, 6.07) is 5.82. The number of primary amides is 1. The van der Waals surface area contributed by atoms with Gasteiger partial charge in [0.05, 0.1) is 5.56 Å². The molecule has 0 bridgehead atoms. The van der Waals surface area contributed by atoms with Crippen LogP contribution in [-0.2, 0) is 17.6 Å². The third-order valence-electron chi connectivity index (χ3n) is 4.24. The number of nitrogens with two attached hydrogens (primary N) is 1. The Morgan fingerprint density at radius 2 is 1.84 bits per heavy atom. The smallest absolute Gasteiger partial charge is 0.262 e. The first-order valence-electron chi connectivity index (χ1n) is 8.39. The van der Waals surface area contributed by atoms with Gasteiger partial charge in [0.25, 0.3) is 11.8 Å². The highest BCUT2D eigenvalue weighted by Gasteiger charge is 2.24. The quantitative estimate of drug-likeness (QED) is 0.860. The van der Waals surface area contributed by atoms with Gasteiger partial charge in [-0.1, -0.05) is 6.07 Å². The first-order valence-corrected chi connectivity index (χ1v) is 9.21. The van der Waals surface area contributed by atoms with Crippen molar-refractivity contribution in [1.82, 2.24) is 0 Å². The molecule has 0 spiro atoms. The lowest BCUT2D eigenvalue weighted by molar-refractivity contribution is -0.118. The van der Waals surface area contributed by atoms with E-state index in [1.807, 2.05) is 32.0 Å². The number of thiophene rings is 1. The number of nitrogens with one attached hydrogen (secondary N) is 1. The van der Waals surface area contributed by atoms with Crippen molar-refractivity contribution < 1.29 is 14.3 Å². The predicted octanol–water partition coefficient (Wildman–Crippen LogP) is 3.36. The zero-order valence-corrected chi connectivity index (χ0v) is 15.3. The molecule has 6 heteroatoms. The molecule has 2 aromatic rings. The van der Waals surface area contributed by atoms with Gasteiger partial charge >= 0.3 is 0 Å². The summed E-state index contributed by atoms with van der Waals surface area (Å²) in [6.07, 6.45) is 3.94. The maximum absolute atomic E-state index is 12.3. The fourth-order valence-corrected chi connectivity index (χ4v) is 4.55. The van der Waals surface area contributed by atoms with Gasteiger partial charge in [-0.2, -0.15) is 0 Å². The maximum atomic E-state index is 12.3. The van der Waals surface area contributed by atoms with Crippen LogP contribution in [-0.4, -0.2) is 18.4 Å². The van der Waals surface area contributed by atoms with Crippen LogP contribution >= 0.6 is 11.3 Å². The van der Waals surface area contributed by atoms with Crippen LogP contribution in [0.4, 0.5) is 5.00 Å². The molecular weight excluding hydrogens is 336 g/mol. The lowest BCUT2D eigenvalue weighted by atomic mass is 9.95.